The zero-order chi connectivity index (χ0) is 22.5. The third-order valence-corrected chi connectivity index (χ3v) is 4.53. The number of rotatable bonds is 6. The SMILES string of the molecule is COc1ccc(C)c(-n2c(C(=O)Oc3ccccc3)nc(C#N)c2N=CN(C)C)c1C. The number of carbonyl (C=O) groups is 1. The predicted octanol–water partition coefficient (Wildman–Crippen LogP) is 3.81. The molecule has 158 valence electrons. The fourth-order valence-electron chi connectivity index (χ4n) is 3.15. The minimum atomic E-state index is -0.698. The maximum atomic E-state index is 13.1. The van der Waals surface area contributed by atoms with Gasteiger partial charge in [0.2, 0.25) is 5.82 Å². The number of carbonyl (C=O) groups excluding carboxylic acids is 1. The normalized spacial score (nSPS) is 10.7. The fraction of sp³-hybridized carbons (Fsp3) is 0.217. The van der Waals surface area contributed by atoms with E-state index >= 15 is 0 Å². The zero-order valence-electron chi connectivity index (χ0n) is 18.1. The van der Waals surface area contributed by atoms with Crippen LogP contribution in [-0.2, 0) is 0 Å². The fourth-order valence-corrected chi connectivity index (χ4v) is 3.15. The molecule has 31 heavy (non-hydrogen) atoms. The number of imidazole rings is 1. The number of benzene rings is 2. The van der Waals surface area contributed by atoms with Crippen LogP contribution in [0.5, 0.6) is 11.5 Å². The number of aryl methyl sites for hydroxylation is 1. The van der Waals surface area contributed by atoms with Gasteiger partial charge in [0.25, 0.3) is 0 Å². The van der Waals surface area contributed by atoms with Crippen molar-refractivity contribution in [2.24, 2.45) is 4.99 Å². The number of nitrogens with zero attached hydrogens (tertiary/aromatic N) is 5. The van der Waals surface area contributed by atoms with Crippen LogP contribution in [0.3, 0.4) is 0 Å². The van der Waals surface area contributed by atoms with Gasteiger partial charge in [0.05, 0.1) is 19.1 Å². The van der Waals surface area contributed by atoms with Gasteiger partial charge in [0, 0.05) is 19.7 Å². The van der Waals surface area contributed by atoms with Crippen molar-refractivity contribution in [2.45, 2.75) is 13.8 Å². The first-order valence-electron chi connectivity index (χ1n) is 9.52. The van der Waals surface area contributed by atoms with Crippen molar-refractivity contribution < 1.29 is 14.3 Å². The van der Waals surface area contributed by atoms with Crippen molar-refractivity contribution in [3.63, 3.8) is 0 Å². The Hall–Kier alpha value is -4.12. The molecule has 8 heteroatoms. The number of esters is 1. The van der Waals surface area contributed by atoms with Crippen LogP contribution in [0.1, 0.15) is 27.4 Å². The predicted molar refractivity (Wildman–Crippen MR) is 118 cm³/mol. The second-order valence-electron chi connectivity index (χ2n) is 7.02. The monoisotopic (exact) mass is 417 g/mol. The Morgan fingerprint density at radius 3 is 2.52 bits per heavy atom. The molecule has 0 radical (unpaired) electrons. The lowest BCUT2D eigenvalue weighted by atomic mass is 10.1. The summed E-state index contributed by atoms with van der Waals surface area (Å²) in [6.07, 6.45) is 1.55. The quantitative estimate of drug-likeness (QED) is 0.262. The van der Waals surface area contributed by atoms with Gasteiger partial charge in [-0.05, 0) is 37.6 Å². The third kappa shape index (κ3) is 4.41. The summed E-state index contributed by atoms with van der Waals surface area (Å²) in [5, 5.41) is 9.69. The van der Waals surface area contributed by atoms with Gasteiger partial charge in [-0.25, -0.2) is 14.8 Å². The van der Waals surface area contributed by atoms with E-state index in [2.05, 4.69) is 9.98 Å². The Morgan fingerprint density at radius 1 is 1.19 bits per heavy atom. The molecule has 0 amide bonds. The van der Waals surface area contributed by atoms with E-state index in [1.165, 1.54) is 0 Å². The minimum Gasteiger partial charge on any atom is -0.496 e. The van der Waals surface area contributed by atoms with Gasteiger partial charge in [0.1, 0.15) is 17.6 Å². The summed E-state index contributed by atoms with van der Waals surface area (Å²) in [5.41, 5.74) is 2.30. The molecule has 2 aromatic carbocycles. The van der Waals surface area contributed by atoms with Crippen LogP contribution >= 0.6 is 0 Å². The van der Waals surface area contributed by atoms with Crippen LogP contribution < -0.4 is 9.47 Å². The summed E-state index contributed by atoms with van der Waals surface area (Å²) in [5.74, 6) is 0.493. The van der Waals surface area contributed by atoms with Gasteiger partial charge in [0.15, 0.2) is 11.5 Å². The first kappa shape index (κ1) is 21.6. The van der Waals surface area contributed by atoms with Crippen LogP contribution in [0.15, 0.2) is 47.5 Å². The lowest BCUT2D eigenvalue weighted by Crippen LogP contribution is -2.17. The molecule has 0 unspecified atom stereocenters. The summed E-state index contributed by atoms with van der Waals surface area (Å²) in [6.45, 7) is 3.78. The van der Waals surface area contributed by atoms with E-state index in [0.29, 0.717) is 17.2 Å². The molecular weight excluding hydrogens is 394 g/mol. The maximum Gasteiger partial charge on any atom is 0.380 e. The maximum absolute atomic E-state index is 13.1. The van der Waals surface area contributed by atoms with E-state index in [1.54, 1.807) is 47.2 Å². The molecule has 0 spiro atoms. The van der Waals surface area contributed by atoms with Crippen molar-refractivity contribution in [1.29, 1.82) is 5.26 Å². The highest BCUT2D eigenvalue weighted by Gasteiger charge is 2.27. The highest BCUT2D eigenvalue weighted by Crippen LogP contribution is 2.34. The lowest BCUT2D eigenvalue weighted by molar-refractivity contribution is 0.0720. The molecule has 0 fully saturated rings. The van der Waals surface area contributed by atoms with Crippen LogP contribution in [0.2, 0.25) is 0 Å². The first-order valence-corrected chi connectivity index (χ1v) is 9.52. The van der Waals surface area contributed by atoms with Gasteiger partial charge in [-0.2, -0.15) is 5.26 Å². The first-order chi connectivity index (χ1) is 14.9. The smallest absolute Gasteiger partial charge is 0.380 e. The van der Waals surface area contributed by atoms with Crippen molar-refractivity contribution in [1.82, 2.24) is 14.5 Å². The van der Waals surface area contributed by atoms with Crippen molar-refractivity contribution in [3.8, 4) is 23.3 Å². The number of hydrogen-bond donors (Lipinski definition) is 0. The number of hydrogen-bond acceptors (Lipinski definition) is 6. The summed E-state index contributed by atoms with van der Waals surface area (Å²) in [4.78, 5) is 23.5. The lowest BCUT2D eigenvalue weighted by Gasteiger charge is -2.17. The Bertz CT molecular complexity index is 1170. The molecule has 3 rings (SSSR count). The number of methoxy groups -OCH3 is 1. The molecule has 0 bridgehead atoms. The van der Waals surface area contributed by atoms with E-state index in [9.17, 15) is 10.1 Å². The van der Waals surface area contributed by atoms with E-state index in [0.717, 1.165) is 11.1 Å². The van der Waals surface area contributed by atoms with E-state index in [1.807, 2.05) is 52.2 Å². The van der Waals surface area contributed by atoms with Crippen molar-refractivity contribution in [3.05, 3.63) is 65.1 Å². The summed E-state index contributed by atoms with van der Waals surface area (Å²) in [7, 11) is 5.19. The number of aromatic nitrogens is 2. The number of ether oxygens (including phenoxy) is 2. The van der Waals surface area contributed by atoms with Crippen molar-refractivity contribution >= 4 is 18.1 Å². The molecule has 0 saturated heterocycles. The second kappa shape index (κ2) is 9.13. The molecule has 1 heterocycles. The third-order valence-electron chi connectivity index (χ3n) is 4.53. The molecule has 0 aliphatic carbocycles. The summed E-state index contributed by atoms with van der Waals surface area (Å²) in [6, 6.07) is 14.4. The number of nitriles is 1. The van der Waals surface area contributed by atoms with Gasteiger partial charge >= 0.3 is 5.97 Å². The van der Waals surface area contributed by atoms with E-state index in [-0.39, 0.29) is 17.3 Å². The molecule has 1 aromatic heterocycles. The van der Waals surface area contributed by atoms with E-state index < -0.39 is 5.97 Å². The summed E-state index contributed by atoms with van der Waals surface area (Å²) < 4.78 is 12.5. The largest absolute Gasteiger partial charge is 0.496 e. The molecule has 0 N–H and O–H groups in total. The van der Waals surface area contributed by atoms with Gasteiger partial charge < -0.3 is 14.4 Å². The number of aliphatic imine (C=N–C) groups is 1. The minimum absolute atomic E-state index is 0.0136. The molecule has 0 saturated carbocycles. The number of para-hydroxylation sites is 1. The van der Waals surface area contributed by atoms with Crippen molar-refractivity contribution in [2.75, 3.05) is 21.2 Å². The molecular formula is C23H23N5O3. The van der Waals surface area contributed by atoms with Crippen LogP contribution in [-0.4, -0.2) is 48.0 Å². The Kier molecular flexibility index (Phi) is 6.36. The van der Waals surface area contributed by atoms with Gasteiger partial charge in [-0.1, -0.05) is 24.3 Å². The topological polar surface area (TPSA) is 92.7 Å². The molecule has 0 aliphatic rings. The molecule has 3 aromatic rings. The van der Waals surface area contributed by atoms with Gasteiger partial charge in [-0.15, -0.1) is 0 Å². The Balaban J connectivity index is 2.28. The average Bonchev–Trinajstić information content (AvgIpc) is 3.11. The Labute approximate surface area is 181 Å². The zero-order valence-corrected chi connectivity index (χ0v) is 18.1. The Morgan fingerprint density at radius 2 is 1.90 bits per heavy atom. The highest BCUT2D eigenvalue weighted by atomic mass is 16.5. The van der Waals surface area contributed by atoms with E-state index in [4.69, 9.17) is 9.47 Å². The average molecular weight is 417 g/mol. The second-order valence-corrected chi connectivity index (χ2v) is 7.02. The van der Waals surface area contributed by atoms with Crippen LogP contribution in [0.4, 0.5) is 5.82 Å². The molecule has 8 nitrogen and oxygen atoms in total. The summed E-state index contributed by atoms with van der Waals surface area (Å²) >= 11 is 0. The molecule has 0 atom stereocenters. The molecule has 0 aliphatic heterocycles. The highest BCUT2D eigenvalue weighted by molar-refractivity contribution is 5.90. The van der Waals surface area contributed by atoms with Gasteiger partial charge in [-0.3, -0.25) is 4.57 Å². The standard InChI is InChI=1S/C23H23N5O3/c1-15-11-12-19(30-5)16(2)20(15)28-21(25-14-27(3)4)18(13-24)26-22(28)23(29)31-17-9-7-6-8-10-17/h6-12,14H,1-5H3. The van der Waals surface area contributed by atoms with Crippen LogP contribution in [0, 0.1) is 25.2 Å². The van der Waals surface area contributed by atoms with Crippen LogP contribution in [0.25, 0.3) is 5.69 Å².